The molecule has 0 bridgehead atoms. The van der Waals surface area contributed by atoms with Gasteiger partial charge in [-0.2, -0.15) is 0 Å². The molecule has 10 heteroatoms. The molecule has 0 aliphatic carbocycles. The van der Waals surface area contributed by atoms with E-state index in [1.54, 1.807) is 27.7 Å². The molecule has 10 nitrogen and oxygen atoms in total. The molecular weight excluding hydrogens is 440 g/mol. The third-order valence-corrected chi connectivity index (χ3v) is 5.64. The second-order valence-electron chi connectivity index (χ2n) is 10.4. The van der Waals surface area contributed by atoms with Gasteiger partial charge < -0.3 is 26.0 Å². The van der Waals surface area contributed by atoms with Crippen LogP contribution in [-0.2, 0) is 28.7 Å². The van der Waals surface area contributed by atoms with E-state index in [-0.39, 0.29) is 42.8 Å². The smallest absolute Gasteiger partial charge is 0.306 e. The molecule has 0 unspecified atom stereocenters. The van der Waals surface area contributed by atoms with Gasteiger partial charge in [0, 0.05) is 32.4 Å². The number of rotatable bonds is 12. The normalized spacial score (nSPS) is 18.9. The summed E-state index contributed by atoms with van der Waals surface area (Å²) in [5.41, 5.74) is 5.20. The molecule has 1 saturated heterocycles. The number of carbonyl (C=O) groups excluding carboxylic acids is 5. The maximum absolute atomic E-state index is 13.4. The van der Waals surface area contributed by atoms with Crippen LogP contribution in [0.25, 0.3) is 0 Å². The number of nitrogens with two attached hydrogens (primary N) is 1. The summed E-state index contributed by atoms with van der Waals surface area (Å²) in [7, 11) is 1.48. The third kappa shape index (κ3) is 9.40. The monoisotopic (exact) mass is 482 g/mol. The molecule has 1 aliphatic rings. The van der Waals surface area contributed by atoms with E-state index in [9.17, 15) is 24.0 Å². The summed E-state index contributed by atoms with van der Waals surface area (Å²) in [6, 6.07) is -2.30. The minimum Gasteiger partial charge on any atom is -0.460 e. The van der Waals surface area contributed by atoms with Crippen LogP contribution < -0.4 is 16.4 Å². The highest BCUT2D eigenvalue weighted by Gasteiger charge is 2.39. The van der Waals surface area contributed by atoms with Gasteiger partial charge in [-0.1, -0.05) is 13.8 Å². The molecule has 0 radical (unpaired) electrons. The topological polar surface area (TPSA) is 148 Å². The van der Waals surface area contributed by atoms with Crippen molar-refractivity contribution >= 4 is 29.5 Å². The summed E-state index contributed by atoms with van der Waals surface area (Å²) in [4.78, 5) is 64.4. The van der Waals surface area contributed by atoms with Crippen molar-refractivity contribution in [3.8, 4) is 0 Å². The molecule has 3 amide bonds. The largest absolute Gasteiger partial charge is 0.460 e. The number of hydrogen-bond donors (Lipinski definition) is 3. The van der Waals surface area contributed by atoms with Crippen LogP contribution in [0.4, 0.5) is 0 Å². The number of ketones is 1. The van der Waals surface area contributed by atoms with Gasteiger partial charge in [-0.15, -0.1) is 0 Å². The summed E-state index contributed by atoms with van der Waals surface area (Å²) >= 11 is 0. The molecular formula is C24H42N4O6. The van der Waals surface area contributed by atoms with Gasteiger partial charge in [-0.05, 0) is 52.9 Å². The first-order chi connectivity index (χ1) is 15.7. The van der Waals surface area contributed by atoms with Crippen molar-refractivity contribution in [3.63, 3.8) is 0 Å². The lowest BCUT2D eigenvalue weighted by molar-refractivity contribution is -0.155. The predicted octanol–water partition coefficient (Wildman–Crippen LogP) is 0.909. The number of nitrogens with zero attached hydrogens (tertiary/aromatic N) is 1. The molecule has 0 aromatic rings. The molecule has 0 saturated carbocycles. The number of carbonyl (C=O) groups is 5. The summed E-state index contributed by atoms with van der Waals surface area (Å²) < 4.78 is 5.35. The molecule has 1 heterocycles. The van der Waals surface area contributed by atoms with Crippen LogP contribution in [-0.4, -0.2) is 71.7 Å². The van der Waals surface area contributed by atoms with Crippen molar-refractivity contribution in [1.29, 1.82) is 0 Å². The molecule has 1 aliphatic heterocycles. The standard InChI is InChI=1S/C24H42N4O6/c1-14(2)12-16(22(32)27-15(3)21(31)26-7)13-19(29)18(28-11-10-17(25)23(28)33)8-9-20(30)34-24(4,5)6/h14-18H,8-13,25H2,1-7H3,(H,26,31)(H,27,32)/t15-,16+,17-,18-/m1/s1. The maximum atomic E-state index is 13.4. The van der Waals surface area contributed by atoms with Gasteiger partial charge in [0.05, 0.1) is 12.1 Å². The molecule has 0 spiro atoms. The Bertz CT molecular complexity index is 761. The third-order valence-electron chi connectivity index (χ3n) is 5.64. The Balaban J connectivity index is 3.03. The molecule has 1 rings (SSSR count). The fraction of sp³-hybridized carbons (Fsp3) is 0.792. The first-order valence-electron chi connectivity index (χ1n) is 12.0. The lowest BCUT2D eigenvalue weighted by Gasteiger charge is -2.29. The average molecular weight is 483 g/mol. The SMILES string of the molecule is CNC(=O)[C@@H](C)NC(=O)[C@H](CC(=O)[C@@H](CCC(=O)OC(C)(C)C)N1CC[C@@H](N)C1=O)CC(C)C. The molecule has 1 fully saturated rings. The highest BCUT2D eigenvalue weighted by Crippen LogP contribution is 2.24. The van der Waals surface area contributed by atoms with Crippen LogP contribution in [0.15, 0.2) is 0 Å². The Morgan fingerprint density at radius 2 is 1.76 bits per heavy atom. The van der Waals surface area contributed by atoms with Crippen molar-refractivity contribution in [3.05, 3.63) is 0 Å². The van der Waals surface area contributed by atoms with Crippen molar-refractivity contribution in [2.75, 3.05) is 13.6 Å². The zero-order chi connectivity index (χ0) is 26.2. The highest BCUT2D eigenvalue weighted by atomic mass is 16.6. The minimum atomic E-state index is -0.868. The van der Waals surface area contributed by atoms with Crippen molar-refractivity contribution in [2.24, 2.45) is 17.6 Å². The zero-order valence-electron chi connectivity index (χ0n) is 21.6. The molecule has 194 valence electrons. The van der Waals surface area contributed by atoms with Crippen molar-refractivity contribution in [2.45, 2.75) is 97.4 Å². The number of esters is 1. The Labute approximate surface area is 202 Å². The van der Waals surface area contributed by atoms with E-state index >= 15 is 0 Å². The number of likely N-dealkylation sites (N-methyl/N-ethyl adjacent to an activating group) is 1. The van der Waals surface area contributed by atoms with Crippen LogP contribution in [0.1, 0.15) is 73.6 Å². The van der Waals surface area contributed by atoms with Gasteiger partial charge in [-0.3, -0.25) is 24.0 Å². The number of ether oxygens (including phenoxy) is 1. The number of likely N-dealkylation sites (tertiary alicyclic amines) is 1. The number of Topliss-reactive ketones (excluding diaryl/α,β-unsaturated/α-hetero) is 1. The fourth-order valence-corrected chi connectivity index (χ4v) is 4.02. The van der Waals surface area contributed by atoms with Gasteiger partial charge in [0.25, 0.3) is 0 Å². The Hall–Kier alpha value is -2.49. The quantitative estimate of drug-likeness (QED) is 0.350. The van der Waals surface area contributed by atoms with Gasteiger partial charge in [-0.25, -0.2) is 0 Å². The highest BCUT2D eigenvalue weighted by molar-refractivity contribution is 5.95. The van der Waals surface area contributed by atoms with E-state index < -0.39 is 41.5 Å². The summed E-state index contributed by atoms with van der Waals surface area (Å²) in [6.45, 7) is 11.0. The van der Waals surface area contributed by atoms with Crippen LogP contribution >= 0.6 is 0 Å². The molecule has 4 atom stereocenters. The summed E-state index contributed by atoms with van der Waals surface area (Å²) in [5, 5.41) is 5.14. The van der Waals surface area contributed by atoms with Crippen LogP contribution in [0.5, 0.6) is 0 Å². The zero-order valence-corrected chi connectivity index (χ0v) is 21.6. The van der Waals surface area contributed by atoms with Gasteiger partial charge in [0.1, 0.15) is 11.6 Å². The van der Waals surface area contributed by atoms with E-state index in [1.807, 2.05) is 13.8 Å². The number of hydrogen-bond acceptors (Lipinski definition) is 7. The van der Waals surface area contributed by atoms with E-state index in [4.69, 9.17) is 10.5 Å². The molecule has 34 heavy (non-hydrogen) atoms. The molecule has 0 aromatic heterocycles. The van der Waals surface area contributed by atoms with Crippen molar-refractivity contribution in [1.82, 2.24) is 15.5 Å². The van der Waals surface area contributed by atoms with E-state index in [0.717, 1.165) is 0 Å². The maximum Gasteiger partial charge on any atom is 0.306 e. The minimum absolute atomic E-state index is 0.0402. The van der Waals surface area contributed by atoms with E-state index in [2.05, 4.69) is 10.6 Å². The molecule has 0 aromatic carbocycles. The first-order valence-corrected chi connectivity index (χ1v) is 12.0. The second-order valence-corrected chi connectivity index (χ2v) is 10.4. The van der Waals surface area contributed by atoms with E-state index in [0.29, 0.717) is 19.4 Å². The lowest BCUT2D eigenvalue weighted by atomic mass is 9.88. The van der Waals surface area contributed by atoms with Crippen molar-refractivity contribution < 1.29 is 28.7 Å². The van der Waals surface area contributed by atoms with Gasteiger partial charge in [0.2, 0.25) is 17.7 Å². The first kappa shape index (κ1) is 29.5. The van der Waals surface area contributed by atoms with E-state index in [1.165, 1.54) is 11.9 Å². The average Bonchev–Trinajstić information content (AvgIpc) is 3.03. The number of nitrogens with one attached hydrogen (secondary N) is 2. The van der Waals surface area contributed by atoms with Crippen LogP contribution in [0, 0.1) is 11.8 Å². The second kappa shape index (κ2) is 12.8. The van der Waals surface area contributed by atoms with Crippen LogP contribution in [0.2, 0.25) is 0 Å². The lowest BCUT2D eigenvalue weighted by Crippen LogP contribution is -2.48. The summed E-state index contributed by atoms with van der Waals surface area (Å²) in [5.74, 6) is -2.38. The Kier molecular flexibility index (Phi) is 11.1. The Morgan fingerprint density at radius 3 is 2.24 bits per heavy atom. The number of amides is 3. The Morgan fingerprint density at radius 1 is 1.15 bits per heavy atom. The van der Waals surface area contributed by atoms with Gasteiger partial charge in [0.15, 0.2) is 5.78 Å². The predicted molar refractivity (Wildman–Crippen MR) is 127 cm³/mol. The fourth-order valence-electron chi connectivity index (χ4n) is 4.02. The van der Waals surface area contributed by atoms with Gasteiger partial charge >= 0.3 is 5.97 Å². The summed E-state index contributed by atoms with van der Waals surface area (Å²) in [6.07, 6.45) is 0.805. The van der Waals surface area contributed by atoms with Crippen LogP contribution in [0.3, 0.4) is 0 Å². The molecule has 4 N–H and O–H groups in total.